The van der Waals surface area contributed by atoms with Crippen LogP contribution in [0.15, 0.2) is 0 Å². The molecule has 0 unspecified atom stereocenters. The normalized spacial score (nSPS) is 11.9. The topological polar surface area (TPSA) is 148 Å². The van der Waals surface area contributed by atoms with Crippen molar-refractivity contribution in [2.24, 2.45) is 0 Å². The Morgan fingerprint density at radius 3 is 0.584 bits per heavy atom. The van der Waals surface area contributed by atoms with Crippen LogP contribution >= 0.6 is 0 Å². The van der Waals surface area contributed by atoms with E-state index in [0.717, 1.165) is 345 Å². The van der Waals surface area contributed by atoms with Crippen molar-refractivity contribution in [3.05, 3.63) is 0 Å². The fraction of sp³-hybridized carbons (Fsp3) is 0.984. The second-order valence-electron chi connectivity index (χ2n) is 20.8. The van der Waals surface area contributed by atoms with Crippen LogP contribution in [0.5, 0.6) is 0 Å². The van der Waals surface area contributed by atoms with E-state index < -0.39 is 0 Å². The van der Waals surface area contributed by atoms with Crippen molar-refractivity contribution in [3.8, 4) is 0 Å². The van der Waals surface area contributed by atoms with Gasteiger partial charge in [-0.1, -0.05) is 44.7 Å². The lowest BCUT2D eigenvalue weighted by Crippen LogP contribution is -2.05. The number of unbranched alkanes of at least 4 members (excludes halogenated alkanes) is 18. The molecule has 462 valence electrons. The molecular formula is C62H126O14Si. The molecule has 0 atom stereocenters. The van der Waals surface area contributed by atoms with Gasteiger partial charge in [0.2, 0.25) is 0 Å². The van der Waals surface area contributed by atoms with Crippen molar-refractivity contribution >= 4 is 15.3 Å². The minimum atomic E-state index is 0.175. The van der Waals surface area contributed by atoms with E-state index in [2.05, 4.69) is 6.55 Å². The van der Waals surface area contributed by atoms with Crippen LogP contribution in [0.1, 0.15) is 218 Å². The first kappa shape index (κ1) is 76.4. The molecule has 0 amide bonds. The second-order valence-corrected chi connectivity index (χ2v) is 22.5. The number of Topliss-reactive ketones (excluding diaryl/α,β-unsaturated/α-hetero) is 1. The van der Waals surface area contributed by atoms with Crippen LogP contribution in [0, 0.1) is 0 Å². The van der Waals surface area contributed by atoms with E-state index in [4.69, 9.17) is 61.9 Å². The number of ketones is 1. The number of carbonyl (C=O) groups excluding carboxylic acids is 1. The maximum atomic E-state index is 11.9. The van der Waals surface area contributed by atoms with Crippen LogP contribution in [0.25, 0.3) is 0 Å². The maximum Gasteiger partial charge on any atom is 0.132 e. The Bertz CT molecular complexity index is 1050. The fourth-order valence-corrected chi connectivity index (χ4v) is 8.99. The van der Waals surface area contributed by atoms with E-state index in [9.17, 15) is 4.79 Å². The Kier molecular flexibility index (Phi) is 72.8. The van der Waals surface area contributed by atoms with Gasteiger partial charge in [-0.2, -0.15) is 0 Å². The molecule has 15 heteroatoms. The smallest absolute Gasteiger partial charge is 0.132 e. The molecular weight excluding hydrogens is 997 g/mol. The Morgan fingerprint density at radius 2 is 0.390 bits per heavy atom. The van der Waals surface area contributed by atoms with E-state index in [1.807, 2.05) is 0 Å². The van der Waals surface area contributed by atoms with Crippen molar-refractivity contribution in [2.75, 3.05) is 165 Å². The van der Waals surface area contributed by atoms with Gasteiger partial charge in [0.1, 0.15) is 5.78 Å². The molecule has 0 aromatic heterocycles. The summed E-state index contributed by atoms with van der Waals surface area (Å²) in [4.78, 5) is 11.9. The zero-order chi connectivity index (χ0) is 55.2. The molecule has 0 fully saturated rings. The van der Waals surface area contributed by atoms with E-state index >= 15 is 0 Å². The van der Waals surface area contributed by atoms with Crippen LogP contribution < -0.4 is 0 Å². The number of aliphatic hydroxyl groups is 1. The van der Waals surface area contributed by atoms with Crippen LogP contribution in [0.3, 0.4) is 0 Å². The summed E-state index contributed by atoms with van der Waals surface area (Å²) in [6, 6.07) is 1.39. The van der Waals surface area contributed by atoms with Gasteiger partial charge in [0.25, 0.3) is 0 Å². The van der Waals surface area contributed by atoms with E-state index in [0.29, 0.717) is 5.78 Å². The lowest BCUT2D eigenvalue weighted by Gasteiger charge is -2.08. The first-order valence-corrected chi connectivity index (χ1v) is 34.8. The molecule has 1 N–H and O–H groups in total. The molecule has 0 aliphatic carbocycles. The molecule has 0 aliphatic rings. The number of hydrogen-bond acceptors (Lipinski definition) is 14. The Balaban J connectivity index is 3.09. The zero-order valence-corrected chi connectivity index (χ0v) is 51.8. The van der Waals surface area contributed by atoms with E-state index in [1.165, 1.54) is 38.1 Å². The summed E-state index contributed by atoms with van der Waals surface area (Å²) in [5, 5.41) is 8.75. The van der Waals surface area contributed by atoms with Crippen molar-refractivity contribution in [1.29, 1.82) is 0 Å². The Morgan fingerprint density at radius 1 is 0.234 bits per heavy atom. The summed E-state index contributed by atoms with van der Waals surface area (Å²) < 4.78 is 69.1. The number of hydrogen-bond donors (Lipinski definition) is 1. The van der Waals surface area contributed by atoms with Gasteiger partial charge in [-0.3, -0.25) is 4.79 Å². The standard InChI is InChI=1S/C62H126O14Si/c1-77-61-33-7-35-62(64)34-6-4-2-3-5-9-37-65-39-11-13-41-67-43-15-17-45-69-47-19-21-49-71-51-23-25-53-73-55-27-29-57-75-59-31-32-60-76-58-30-28-56-74-54-26-24-52-72-50-22-20-48-70-46-18-16-44-68-42-14-12-40-66-38-10-8-36-63/h63H,2-61,77H2,1H3. The van der Waals surface area contributed by atoms with Gasteiger partial charge >= 0.3 is 0 Å². The number of aliphatic hydroxyl groups excluding tert-OH is 1. The van der Waals surface area contributed by atoms with Gasteiger partial charge in [-0.05, 0) is 173 Å². The van der Waals surface area contributed by atoms with Gasteiger partial charge in [0.15, 0.2) is 0 Å². The Hall–Kier alpha value is -0.633. The molecule has 0 radical (unpaired) electrons. The molecule has 0 spiro atoms. The molecule has 0 aromatic rings. The summed E-state index contributed by atoms with van der Waals surface area (Å²) in [5.41, 5.74) is 0. The first-order chi connectivity index (χ1) is 38.3. The van der Waals surface area contributed by atoms with Gasteiger partial charge in [0, 0.05) is 188 Å². The lowest BCUT2D eigenvalue weighted by molar-refractivity contribution is -0.119. The summed E-state index contributed by atoms with van der Waals surface area (Å²) in [5.74, 6) is 0.482. The minimum Gasteiger partial charge on any atom is -0.396 e. The highest BCUT2D eigenvalue weighted by Crippen LogP contribution is 2.11. The predicted octanol–water partition coefficient (Wildman–Crippen LogP) is 12.6. The van der Waals surface area contributed by atoms with Crippen LogP contribution in [0.2, 0.25) is 12.6 Å². The highest BCUT2D eigenvalue weighted by atomic mass is 28.2. The average molecular weight is 1120 g/mol. The van der Waals surface area contributed by atoms with Crippen molar-refractivity contribution in [3.63, 3.8) is 0 Å². The summed E-state index contributed by atoms with van der Waals surface area (Å²) in [7, 11) is 0.175. The fourth-order valence-electron chi connectivity index (χ4n) is 8.14. The SMILES string of the molecule is C[SiH2]CCCCC(=O)CCCCCCCCOCCCCOCCCCOCCCCOCCCCOCCCCOCCCCOCCCCOCCCCOCCCCOCCCCOCCCCOCCCCO. The molecule has 0 bridgehead atoms. The largest absolute Gasteiger partial charge is 0.396 e. The third-order valence-corrected chi connectivity index (χ3v) is 14.3. The summed E-state index contributed by atoms with van der Waals surface area (Å²) in [6.45, 7) is 21.9. The third kappa shape index (κ3) is 73.4. The maximum absolute atomic E-state index is 11.9. The van der Waals surface area contributed by atoms with Crippen LogP contribution in [0.4, 0.5) is 0 Å². The average Bonchev–Trinajstić information content (AvgIpc) is 3.44. The lowest BCUT2D eigenvalue weighted by atomic mass is 10.0. The molecule has 0 aromatic carbocycles. The number of ether oxygens (including phenoxy) is 12. The van der Waals surface area contributed by atoms with Gasteiger partial charge in [-0.15, -0.1) is 0 Å². The minimum absolute atomic E-state index is 0.175. The predicted molar refractivity (Wildman–Crippen MR) is 318 cm³/mol. The monoisotopic (exact) mass is 1120 g/mol. The van der Waals surface area contributed by atoms with Gasteiger partial charge in [-0.25, -0.2) is 0 Å². The molecule has 14 nitrogen and oxygen atoms in total. The zero-order valence-electron chi connectivity index (χ0n) is 50.4. The highest BCUT2D eigenvalue weighted by Gasteiger charge is 2.03. The molecule has 0 saturated heterocycles. The van der Waals surface area contributed by atoms with Gasteiger partial charge < -0.3 is 61.9 Å². The molecule has 0 aliphatic heterocycles. The van der Waals surface area contributed by atoms with E-state index in [-0.39, 0.29) is 16.1 Å². The molecule has 0 saturated carbocycles. The highest BCUT2D eigenvalue weighted by molar-refractivity contribution is 6.33. The summed E-state index contributed by atoms with van der Waals surface area (Å²) >= 11 is 0. The van der Waals surface area contributed by atoms with Crippen LogP contribution in [-0.2, 0) is 61.6 Å². The third-order valence-electron chi connectivity index (χ3n) is 13.1. The number of carbonyl (C=O) groups is 1. The molecule has 77 heavy (non-hydrogen) atoms. The van der Waals surface area contributed by atoms with Crippen molar-refractivity contribution in [1.82, 2.24) is 0 Å². The Labute approximate surface area is 476 Å². The van der Waals surface area contributed by atoms with Gasteiger partial charge in [0.05, 0.1) is 0 Å². The molecule has 0 heterocycles. The second kappa shape index (κ2) is 73.4. The first-order valence-electron chi connectivity index (χ1n) is 32.4. The summed E-state index contributed by atoms with van der Waals surface area (Å²) in [6.07, 6.45) is 35.9. The van der Waals surface area contributed by atoms with Crippen LogP contribution in [-0.4, -0.2) is 186 Å². The van der Waals surface area contributed by atoms with E-state index in [1.54, 1.807) is 0 Å². The molecule has 0 rings (SSSR count). The van der Waals surface area contributed by atoms with Crippen molar-refractivity contribution in [2.45, 2.75) is 231 Å². The quantitative estimate of drug-likeness (QED) is 0.0455. The number of rotatable bonds is 73. The van der Waals surface area contributed by atoms with Crippen molar-refractivity contribution < 1.29 is 66.7 Å².